The molecule has 0 radical (unpaired) electrons. The first kappa shape index (κ1) is 25.9. The summed E-state index contributed by atoms with van der Waals surface area (Å²) in [5.74, 6) is 0.949. The molecule has 0 aromatic heterocycles. The van der Waals surface area contributed by atoms with Crippen LogP contribution in [-0.4, -0.2) is 56.1 Å². The smallest absolute Gasteiger partial charge is 0.223 e. The molecule has 6 nitrogen and oxygen atoms in total. The van der Waals surface area contributed by atoms with E-state index in [-0.39, 0.29) is 53.5 Å². The highest BCUT2D eigenvalue weighted by atomic mass is 127. The van der Waals surface area contributed by atoms with Gasteiger partial charge in [-0.15, -0.1) is 24.0 Å². The lowest BCUT2D eigenvalue weighted by molar-refractivity contribution is -0.127. The van der Waals surface area contributed by atoms with E-state index in [9.17, 15) is 9.18 Å². The Balaban J connectivity index is 0.00000363. The maximum absolute atomic E-state index is 13.7. The Morgan fingerprint density at radius 1 is 1.19 bits per heavy atom. The summed E-state index contributed by atoms with van der Waals surface area (Å²) < 4.78 is 19.3. The van der Waals surface area contributed by atoms with Gasteiger partial charge in [0, 0.05) is 39.0 Å². The maximum Gasteiger partial charge on any atom is 0.223 e. The van der Waals surface area contributed by atoms with Crippen LogP contribution in [0.4, 0.5) is 4.39 Å². The minimum Gasteiger partial charge on any atom is -0.486 e. The van der Waals surface area contributed by atoms with Gasteiger partial charge < -0.3 is 20.3 Å². The summed E-state index contributed by atoms with van der Waals surface area (Å²) in [7, 11) is 1.70. The van der Waals surface area contributed by atoms with E-state index < -0.39 is 0 Å². The molecule has 0 saturated carbocycles. The second kappa shape index (κ2) is 13.2. The van der Waals surface area contributed by atoms with Crippen molar-refractivity contribution in [1.29, 1.82) is 0 Å². The van der Waals surface area contributed by atoms with Crippen LogP contribution >= 0.6 is 24.0 Å². The van der Waals surface area contributed by atoms with E-state index in [1.807, 2.05) is 30.0 Å². The number of aliphatic imine (C=N–C) groups is 1. The van der Waals surface area contributed by atoms with E-state index >= 15 is 0 Å². The van der Waals surface area contributed by atoms with Gasteiger partial charge >= 0.3 is 0 Å². The molecule has 32 heavy (non-hydrogen) atoms. The van der Waals surface area contributed by atoms with Crippen molar-refractivity contribution in [3.8, 4) is 5.75 Å². The Morgan fingerprint density at radius 3 is 2.62 bits per heavy atom. The predicted octanol–water partition coefficient (Wildman–Crippen LogP) is 3.47. The van der Waals surface area contributed by atoms with E-state index in [4.69, 9.17) is 4.74 Å². The number of carbonyl (C=O) groups is 1. The van der Waals surface area contributed by atoms with Gasteiger partial charge in [0.25, 0.3) is 0 Å². The summed E-state index contributed by atoms with van der Waals surface area (Å²) in [5.41, 5.74) is 1.24. The minimum atomic E-state index is -0.375. The van der Waals surface area contributed by atoms with Gasteiger partial charge in [0.1, 0.15) is 6.10 Å². The second-order valence-electron chi connectivity index (χ2n) is 7.84. The number of nitrogens with one attached hydrogen (secondary N) is 2. The van der Waals surface area contributed by atoms with E-state index in [0.29, 0.717) is 25.5 Å². The number of rotatable bonds is 9. The zero-order valence-electron chi connectivity index (χ0n) is 18.6. The molecule has 2 aromatic carbocycles. The number of para-hydroxylation sites is 1. The molecule has 2 unspecified atom stereocenters. The summed E-state index contributed by atoms with van der Waals surface area (Å²) in [5, 5.41) is 6.48. The number of halogens is 2. The van der Waals surface area contributed by atoms with Crippen molar-refractivity contribution in [2.45, 2.75) is 25.9 Å². The number of hydrogen-bond donors (Lipinski definition) is 2. The Morgan fingerprint density at radius 2 is 1.91 bits per heavy atom. The van der Waals surface area contributed by atoms with Gasteiger partial charge in [0.2, 0.25) is 5.91 Å². The van der Waals surface area contributed by atoms with Crippen LogP contribution < -0.4 is 15.4 Å². The number of guanidine groups is 1. The second-order valence-corrected chi connectivity index (χ2v) is 7.84. The molecule has 2 N–H and O–H groups in total. The lowest BCUT2D eigenvalue weighted by atomic mass is 10.1. The summed E-state index contributed by atoms with van der Waals surface area (Å²) in [4.78, 5) is 18.5. The van der Waals surface area contributed by atoms with Crippen LogP contribution in [-0.2, 0) is 11.2 Å². The molecule has 3 rings (SSSR count). The van der Waals surface area contributed by atoms with Crippen molar-refractivity contribution >= 4 is 35.8 Å². The number of benzene rings is 2. The summed E-state index contributed by atoms with van der Waals surface area (Å²) in [6.07, 6.45) is 1.18. The number of nitrogens with zero attached hydrogens (tertiary/aromatic N) is 2. The van der Waals surface area contributed by atoms with Gasteiger partial charge in [-0.2, -0.15) is 0 Å². The highest BCUT2D eigenvalue weighted by molar-refractivity contribution is 14.0. The van der Waals surface area contributed by atoms with Gasteiger partial charge in [0.05, 0.1) is 6.54 Å². The number of ether oxygens (including phenoxy) is 1. The van der Waals surface area contributed by atoms with Crippen molar-refractivity contribution in [3.05, 3.63) is 66.0 Å². The molecule has 1 aliphatic heterocycles. The third-order valence-corrected chi connectivity index (χ3v) is 5.31. The molecule has 1 fully saturated rings. The first-order chi connectivity index (χ1) is 15.0. The molecule has 1 heterocycles. The molecule has 0 bridgehead atoms. The quantitative estimate of drug-likeness (QED) is 0.283. The molecule has 0 spiro atoms. The standard InChI is InChI=1S/C24H31FN4O2.HI/c1-18(31-22-11-7-6-10-21(22)25)15-27-24(26-2)28-16-20-14-23(30)29(17-20)13-12-19-8-4-3-5-9-19;/h3-11,18,20H,12-17H2,1-2H3,(H2,26,27,28);1H. The Kier molecular flexibility index (Phi) is 10.7. The van der Waals surface area contributed by atoms with Crippen LogP contribution in [0.1, 0.15) is 18.9 Å². The zero-order valence-corrected chi connectivity index (χ0v) is 20.9. The van der Waals surface area contributed by atoms with Gasteiger partial charge in [-0.1, -0.05) is 42.5 Å². The van der Waals surface area contributed by atoms with Gasteiger partial charge in [-0.05, 0) is 31.0 Å². The normalized spacial score (nSPS) is 17.0. The predicted molar refractivity (Wildman–Crippen MR) is 136 cm³/mol. The summed E-state index contributed by atoms with van der Waals surface area (Å²) in [6.45, 7) is 4.50. The third kappa shape index (κ3) is 7.96. The maximum atomic E-state index is 13.7. The molecule has 1 amide bonds. The highest BCUT2D eigenvalue weighted by Gasteiger charge is 2.29. The van der Waals surface area contributed by atoms with Crippen LogP contribution in [0.25, 0.3) is 0 Å². The molecular weight excluding hydrogens is 522 g/mol. The van der Waals surface area contributed by atoms with Crippen molar-refractivity contribution < 1.29 is 13.9 Å². The molecule has 1 saturated heterocycles. The summed E-state index contributed by atoms with van der Waals surface area (Å²) >= 11 is 0. The average Bonchev–Trinajstić information content (AvgIpc) is 3.14. The molecule has 2 aromatic rings. The number of amides is 1. The average molecular weight is 554 g/mol. The Hall–Kier alpha value is -2.36. The van der Waals surface area contributed by atoms with Crippen LogP contribution in [0, 0.1) is 11.7 Å². The molecular formula is C24H32FIN4O2. The van der Waals surface area contributed by atoms with E-state index in [2.05, 4.69) is 27.8 Å². The SMILES string of the molecule is CN=C(NCC1CC(=O)N(CCc2ccccc2)C1)NCC(C)Oc1ccccc1F.I. The van der Waals surface area contributed by atoms with Crippen LogP contribution in [0.2, 0.25) is 0 Å². The van der Waals surface area contributed by atoms with Gasteiger partial charge in [-0.3, -0.25) is 9.79 Å². The van der Waals surface area contributed by atoms with Crippen LogP contribution in [0.3, 0.4) is 0 Å². The fraction of sp³-hybridized carbons (Fsp3) is 0.417. The van der Waals surface area contributed by atoms with Crippen LogP contribution in [0.5, 0.6) is 5.75 Å². The Bertz CT molecular complexity index is 881. The largest absolute Gasteiger partial charge is 0.486 e. The first-order valence-corrected chi connectivity index (χ1v) is 10.7. The Labute approximate surface area is 206 Å². The third-order valence-electron chi connectivity index (χ3n) is 5.31. The fourth-order valence-electron chi connectivity index (χ4n) is 3.62. The van der Waals surface area contributed by atoms with E-state index in [1.165, 1.54) is 11.6 Å². The lowest BCUT2D eigenvalue weighted by Crippen LogP contribution is -2.43. The van der Waals surface area contributed by atoms with Crippen LogP contribution in [0.15, 0.2) is 59.6 Å². The zero-order chi connectivity index (χ0) is 22.1. The molecule has 174 valence electrons. The molecule has 0 aliphatic carbocycles. The fourth-order valence-corrected chi connectivity index (χ4v) is 3.62. The van der Waals surface area contributed by atoms with Crippen molar-refractivity contribution in [2.24, 2.45) is 10.9 Å². The van der Waals surface area contributed by atoms with E-state index in [1.54, 1.807) is 25.2 Å². The molecule has 8 heteroatoms. The van der Waals surface area contributed by atoms with E-state index in [0.717, 1.165) is 19.5 Å². The molecule has 1 aliphatic rings. The molecule has 2 atom stereocenters. The minimum absolute atomic E-state index is 0. The summed E-state index contributed by atoms with van der Waals surface area (Å²) in [6, 6.07) is 16.6. The van der Waals surface area contributed by atoms with Crippen molar-refractivity contribution in [3.63, 3.8) is 0 Å². The topological polar surface area (TPSA) is 66.0 Å². The number of hydrogen-bond acceptors (Lipinski definition) is 3. The van der Waals surface area contributed by atoms with Crippen molar-refractivity contribution in [1.82, 2.24) is 15.5 Å². The number of carbonyl (C=O) groups excluding carboxylic acids is 1. The number of likely N-dealkylation sites (tertiary alicyclic amines) is 1. The monoisotopic (exact) mass is 554 g/mol. The highest BCUT2D eigenvalue weighted by Crippen LogP contribution is 2.18. The lowest BCUT2D eigenvalue weighted by Gasteiger charge is -2.19. The van der Waals surface area contributed by atoms with Gasteiger partial charge in [-0.25, -0.2) is 4.39 Å². The van der Waals surface area contributed by atoms with Crippen molar-refractivity contribution in [2.75, 3.05) is 33.2 Å². The first-order valence-electron chi connectivity index (χ1n) is 10.7. The van der Waals surface area contributed by atoms with Gasteiger partial charge in [0.15, 0.2) is 17.5 Å².